The molecule has 0 fully saturated rings. The van der Waals surface area contributed by atoms with E-state index in [1.54, 1.807) is 0 Å². The van der Waals surface area contributed by atoms with Gasteiger partial charge in [-0.3, -0.25) is 0 Å². The van der Waals surface area contributed by atoms with Gasteiger partial charge < -0.3 is 14.8 Å². The van der Waals surface area contributed by atoms with Crippen LogP contribution in [0.4, 0.5) is 9.18 Å². The van der Waals surface area contributed by atoms with Crippen molar-refractivity contribution in [3.63, 3.8) is 0 Å². The molecule has 1 amide bonds. The monoisotopic (exact) mass is 205 g/mol. The van der Waals surface area contributed by atoms with Crippen LogP contribution < -0.4 is 5.32 Å². The molecular formula is C8H12FNO4. The van der Waals surface area contributed by atoms with E-state index in [0.717, 1.165) is 0 Å². The van der Waals surface area contributed by atoms with Gasteiger partial charge in [0, 0.05) is 5.57 Å². The molecule has 0 aliphatic carbocycles. The van der Waals surface area contributed by atoms with Gasteiger partial charge in [-0.15, -0.1) is 0 Å². The number of ether oxygens (including phenoxy) is 2. The molecule has 1 N–H and O–H groups in total. The molecule has 0 aliphatic rings. The molecule has 80 valence electrons. The van der Waals surface area contributed by atoms with Crippen LogP contribution in [0, 0.1) is 0 Å². The number of carbonyl (C=O) groups is 2. The summed E-state index contributed by atoms with van der Waals surface area (Å²) >= 11 is 0. The fourth-order valence-corrected chi connectivity index (χ4v) is 0.521. The van der Waals surface area contributed by atoms with E-state index in [-0.39, 0.29) is 18.7 Å². The van der Waals surface area contributed by atoms with Crippen LogP contribution in [-0.4, -0.2) is 32.1 Å². The molecule has 0 spiro atoms. The van der Waals surface area contributed by atoms with Crippen molar-refractivity contribution in [1.29, 1.82) is 0 Å². The van der Waals surface area contributed by atoms with Crippen molar-refractivity contribution in [3.8, 4) is 0 Å². The third kappa shape index (κ3) is 5.99. The standard InChI is InChI=1S/C8H12FNO4/c1-6(2)7(11)13-4-3-10-8(12)14-5-9/h1,3-5H2,2H3,(H,10,12). The number of esters is 1. The summed E-state index contributed by atoms with van der Waals surface area (Å²) in [4.78, 5) is 21.3. The number of alkyl carbamates (subject to hydrolysis) is 1. The quantitative estimate of drug-likeness (QED) is 0.409. The molecule has 6 heteroatoms. The number of amides is 1. The minimum absolute atomic E-state index is 0.00687. The molecule has 14 heavy (non-hydrogen) atoms. The van der Waals surface area contributed by atoms with Crippen molar-refractivity contribution in [2.75, 3.05) is 20.0 Å². The van der Waals surface area contributed by atoms with Crippen LogP contribution in [0.1, 0.15) is 6.92 Å². The van der Waals surface area contributed by atoms with Gasteiger partial charge in [0.25, 0.3) is 0 Å². The zero-order valence-electron chi connectivity index (χ0n) is 7.84. The van der Waals surface area contributed by atoms with Gasteiger partial charge in [0.1, 0.15) is 6.61 Å². The number of nitrogens with one attached hydrogen (secondary N) is 1. The second-order valence-electron chi connectivity index (χ2n) is 2.38. The smallest absolute Gasteiger partial charge is 0.409 e. The number of carbonyl (C=O) groups excluding carboxylic acids is 2. The molecule has 0 rings (SSSR count). The highest BCUT2D eigenvalue weighted by atomic mass is 19.1. The first-order valence-corrected chi connectivity index (χ1v) is 3.87. The Morgan fingerprint density at radius 2 is 2.07 bits per heavy atom. The van der Waals surface area contributed by atoms with E-state index in [9.17, 15) is 14.0 Å². The summed E-state index contributed by atoms with van der Waals surface area (Å²) in [7, 11) is 0. The highest BCUT2D eigenvalue weighted by Crippen LogP contribution is 1.90. The number of hydrogen-bond acceptors (Lipinski definition) is 4. The molecule has 0 bridgehead atoms. The lowest BCUT2D eigenvalue weighted by Crippen LogP contribution is -2.28. The summed E-state index contributed by atoms with van der Waals surface area (Å²) < 4.78 is 20.0. The second kappa shape index (κ2) is 6.88. The third-order valence-electron chi connectivity index (χ3n) is 1.14. The molecule has 0 aromatic carbocycles. The van der Waals surface area contributed by atoms with Crippen molar-refractivity contribution >= 4 is 12.1 Å². The fourth-order valence-electron chi connectivity index (χ4n) is 0.521. The van der Waals surface area contributed by atoms with Crippen LogP contribution >= 0.6 is 0 Å². The number of hydrogen-bond donors (Lipinski definition) is 1. The first-order chi connectivity index (χ1) is 6.57. The largest absolute Gasteiger partial charge is 0.460 e. The minimum Gasteiger partial charge on any atom is -0.460 e. The Hall–Kier alpha value is -1.59. The lowest BCUT2D eigenvalue weighted by Gasteiger charge is -2.05. The van der Waals surface area contributed by atoms with Gasteiger partial charge in [-0.2, -0.15) is 0 Å². The molecule has 0 aliphatic heterocycles. The van der Waals surface area contributed by atoms with Crippen LogP contribution in [0.5, 0.6) is 0 Å². The van der Waals surface area contributed by atoms with Crippen molar-refractivity contribution in [3.05, 3.63) is 12.2 Å². The van der Waals surface area contributed by atoms with E-state index >= 15 is 0 Å². The topological polar surface area (TPSA) is 64.6 Å². The molecule has 0 saturated heterocycles. The number of rotatable bonds is 5. The average Bonchev–Trinajstić information content (AvgIpc) is 2.12. The summed E-state index contributed by atoms with van der Waals surface area (Å²) in [6.07, 6.45) is -0.890. The van der Waals surface area contributed by atoms with E-state index in [2.05, 4.69) is 21.4 Å². The van der Waals surface area contributed by atoms with E-state index in [1.165, 1.54) is 6.92 Å². The van der Waals surface area contributed by atoms with Gasteiger partial charge >= 0.3 is 12.1 Å². The summed E-state index contributed by atoms with van der Waals surface area (Å²) in [5, 5.41) is 2.17. The molecule has 5 nitrogen and oxygen atoms in total. The first kappa shape index (κ1) is 12.4. The number of halogens is 1. The Labute approximate surface area is 80.9 Å². The zero-order valence-corrected chi connectivity index (χ0v) is 7.84. The van der Waals surface area contributed by atoms with E-state index < -0.39 is 18.9 Å². The molecular weight excluding hydrogens is 193 g/mol. The van der Waals surface area contributed by atoms with E-state index in [4.69, 9.17) is 0 Å². The maximum atomic E-state index is 11.4. The van der Waals surface area contributed by atoms with Crippen molar-refractivity contribution in [2.24, 2.45) is 0 Å². The normalized spacial score (nSPS) is 9.00. The van der Waals surface area contributed by atoms with Crippen molar-refractivity contribution in [1.82, 2.24) is 5.32 Å². The molecule has 0 radical (unpaired) electrons. The Balaban J connectivity index is 3.42. The van der Waals surface area contributed by atoms with Crippen molar-refractivity contribution < 1.29 is 23.5 Å². The summed E-state index contributed by atoms with van der Waals surface area (Å²) in [6, 6.07) is 0. The minimum atomic E-state index is -1.18. The third-order valence-corrected chi connectivity index (χ3v) is 1.14. The summed E-state index contributed by atoms with van der Waals surface area (Å²) in [5.74, 6) is -0.536. The van der Waals surface area contributed by atoms with Gasteiger partial charge in [-0.1, -0.05) is 6.58 Å². The average molecular weight is 205 g/mol. The van der Waals surface area contributed by atoms with Crippen LogP contribution in [0.25, 0.3) is 0 Å². The number of alkyl halides is 1. The maximum Gasteiger partial charge on any atom is 0.409 e. The van der Waals surface area contributed by atoms with Gasteiger partial charge in [0.2, 0.25) is 6.86 Å². The molecule has 0 unspecified atom stereocenters. The van der Waals surface area contributed by atoms with Crippen molar-refractivity contribution in [2.45, 2.75) is 6.92 Å². The van der Waals surface area contributed by atoms with Crippen LogP contribution in [0.15, 0.2) is 12.2 Å². The zero-order chi connectivity index (χ0) is 11.0. The molecule has 0 atom stereocenters. The molecule has 0 aromatic rings. The molecule has 0 heterocycles. The van der Waals surface area contributed by atoms with Crippen LogP contribution in [-0.2, 0) is 14.3 Å². The SMILES string of the molecule is C=C(C)C(=O)OCCNC(=O)OCF. The highest BCUT2D eigenvalue weighted by Gasteiger charge is 2.03. The maximum absolute atomic E-state index is 11.4. The molecule has 0 saturated carbocycles. The Kier molecular flexibility index (Phi) is 6.09. The first-order valence-electron chi connectivity index (χ1n) is 3.87. The van der Waals surface area contributed by atoms with Gasteiger partial charge in [0.15, 0.2) is 0 Å². The summed E-state index contributed by atoms with van der Waals surface area (Å²) in [6.45, 7) is 3.75. The highest BCUT2D eigenvalue weighted by molar-refractivity contribution is 5.86. The predicted molar refractivity (Wildman–Crippen MR) is 46.2 cm³/mol. The van der Waals surface area contributed by atoms with Gasteiger partial charge in [0.05, 0.1) is 6.54 Å². The lowest BCUT2D eigenvalue weighted by molar-refractivity contribution is -0.138. The van der Waals surface area contributed by atoms with E-state index in [0.29, 0.717) is 0 Å². The second-order valence-corrected chi connectivity index (χ2v) is 2.38. The van der Waals surface area contributed by atoms with Crippen LogP contribution in [0.3, 0.4) is 0 Å². The Morgan fingerprint density at radius 3 is 2.57 bits per heavy atom. The predicted octanol–water partition coefficient (Wildman–Crippen LogP) is 0.759. The lowest BCUT2D eigenvalue weighted by atomic mass is 10.4. The van der Waals surface area contributed by atoms with E-state index in [1.807, 2.05) is 0 Å². The van der Waals surface area contributed by atoms with Gasteiger partial charge in [-0.25, -0.2) is 14.0 Å². The Morgan fingerprint density at radius 1 is 1.43 bits per heavy atom. The fraction of sp³-hybridized carbons (Fsp3) is 0.500. The molecule has 0 aromatic heterocycles. The summed E-state index contributed by atoms with van der Waals surface area (Å²) in [5.41, 5.74) is 0.274. The van der Waals surface area contributed by atoms with Gasteiger partial charge in [-0.05, 0) is 6.92 Å². The Bertz CT molecular complexity index is 229. The van der Waals surface area contributed by atoms with Crippen LogP contribution in [0.2, 0.25) is 0 Å².